The molecule has 1 aromatic heterocycles. The predicted molar refractivity (Wildman–Crippen MR) is 116 cm³/mol. The first-order chi connectivity index (χ1) is 13.9. The lowest BCUT2D eigenvalue weighted by molar-refractivity contribution is -0.123. The van der Waals surface area contributed by atoms with Crippen LogP contribution in [-0.2, 0) is 17.8 Å². The third-order valence-corrected chi connectivity index (χ3v) is 4.64. The zero-order chi connectivity index (χ0) is 21.2. The molecular weight excluding hydrogens is 368 g/mol. The van der Waals surface area contributed by atoms with Crippen molar-refractivity contribution in [1.82, 2.24) is 35.2 Å². The van der Waals surface area contributed by atoms with Crippen LogP contribution in [0.15, 0.2) is 23.5 Å². The summed E-state index contributed by atoms with van der Waals surface area (Å²) in [5, 5.41) is 14.5. The van der Waals surface area contributed by atoms with Crippen LogP contribution in [0, 0.1) is 0 Å². The van der Waals surface area contributed by atoms with Crippen LogP contribution in [0.1, 0.15) is 33.5 Å². The Morgan fingerprint density at radius 2 is 2.03 bits per heavy atom. The maximum absolute atomic E-state index is 12.0. The second-order valence-electron chi connectivity index (χ2n) is 7.80. The van der Waals surface area contributed by atoms with Crippen LogP contribution in [0.4, 0.5) is 0 Å². The maximum Gasteiger partial charge on any atom is 0.234 e. The number of nitrogens with zero attached hydrogens (tertiary/aromatic N) is 6. The molecule has 1 saturated heterocycles. The van der Waals surface area contributed by atoms with Crippen LogP contribution in [0.25, 0.3) is 0 Å². The monoisotopic (exact) mass is 404 g/mol. The number of nitrogens with one attached hydrogen (secondary N) is 2. The third kappa shape index (κ3) is 7.84. The van der Waals surface area contributed by atoms with Crippen molar-refractivity contribution in [3.05, 3.63) is 24.3 Å². The van der Waals surface area contributed by atoms with Gasteiger partial charge in [-0.05, 0) is 20.8 Å². The van der Waals surface area contributed by atoms with E-state index in [0.29, 0.717) is 13.1 Å². The van der Waals surface area contributed by atoms with Crippen LogP contribution in [-0.4, -0.2) is 88.3 Å². The van der Waals surface area contributed by atoms with E-state index in [1.165, 1.54) is 0 Å². The highest BCUT2D eigenvalue weighted by molar-refractivity contribution is 5.80. The summed E-state index contributed by atoms with van der Waals surface area (Å²) in [5.41, 5.74) is 1.03. The van der Waals surface area contributed by atoms with E-state index in [9.17, 15) is 4.79 Å². The summed E-state index contributed by atoms with van der Waals surface area (Å²) < 4.78 is 2.06. The lowest BCUT2D eigenvalue weighted by Gasteiger charge is -2.36. The predicted octanol–water partition coefficient (Wildman–Crippen LogP) is 0.504. The molecule has 9 nitrogen and oxygen atoms in total. The van der Waals surface area contributed by atoms with E-state index in [1.807, 2.05) is 20.8 Å². The zero-order valence-electron chi connectivity index (χ0n) is 18.3. The first kappa shape index (κ1) is 22.9. The van der Waals surface area contributed by atoms with Crippen molar-refractivity contribution in [2.24, 2.45) is 4.99 Å². The van der Waals surface area contributed by atoms with Gasteiger partial charge < -0.3 is 20.1 Å². The highest BCUT2D eigenvalue weighted by Gasteiger charge is 2.21. The summed E-state index contributed by atoms with van der Waals surface area (Å²) in [4.78, 5) is 21.2. The topological polar surface area (TPSA) is 90.7 Å². The summed E-state index contributed by atoms with van der Waals surface area (Å²) in [5.74, 6) is 1.97. The van der Waals surface area contributed by atoms with Gasteiger partial charge in [0.2, 0.25) is 5.91 Å². The number of amides is 1. The van der Waals surface area contributed by atoms with Gasteiger partial charge in [0.25, 0.3) is 0 Å². The lowest BCUT2D eigenvalue weighted by atomic mass is 10.3. The average molecular weight is 405 g/mol. The van der Waals surface area contributed by atoms with Gasteiger partial charge in [-0.2, -0.15) is 0 Å². The Balaban J connectivity index is 1.87. The Kier molecular flexibility index (Phi) is 9.11. The molecular formula is C20H36N8O. The molecule has 9 heteroatoms. The normalized spacial score (nSPS) is 15.6. The van der Waals surface area contributed by atoms with Crippen molar-refractivity contribution in [1.29, 1.82) is 0 Å². The van der Waals surface area contributed by atoms with Crippen molar-refractivity contribution in [2.45, 2.75) is 46.7 Å². The first-order valence-corrected chi connectivity index (χ1v) is 10.4. The van der Waals surface area contributed by atoms with Gasteiger partial charge >= 0.3 is 0 Å². The van der Waals surface area contributed by atoms with Gasteiger partial charge in [0.1, 0.15) is 12.2 Å². The highest BCUT2D eigenvalue weighted by atomic mass is 16.2. The Hall–Kier alpha value is -2.42. The summed E-state index contributed by atoms with van der Waals surface area (Å²) in [7, 11) is 0. The van der Waals surface area contributed by atoms with Gasteiger partial charge in [0.05, 0.1) is 13.1 Å². The number of carbonyl (C=O) groups excluding carboxylic acids is 1. The molecule has 1 aromatic rings. The zero-order valence-corrected chi connectivity index (χ0v) is 18.3. The van der Waals surface area contributed by atoms with Crippen LogP contribution in [0.3, 0.4) is 0 Å². The Bertz CT molecular complexity index is 688. The first-order valence-electron chi connectivity index (χ1n) is 10.4. The van der Waals surface area contributed by atoms with E-state index in [4.69, 9.17) is 4.99 Å². The fourth-order valence-electron chi connectivity index (χ4n) is 3.19. The minimum Gasteiger partial charge on any atom is -0.354 e. The van der Waals surface area contributed by atoms with Crippen molar-refractivity contribution in [3.63, 3.8) is 0 Å². The van der Waals surface area contributed by atoms with E-state index < -0.39 is 0 Å². The summed E-state index contributed by atoms with van der Waals surface area (Å²) in [6, 6.07) is 0.174. The quantitative estimate of drug-likeness (QED) is 0.354. The minimum atomic E-state index is 0.0865. The molecule has 1 amide bonds. The fraction of sp³-hybridized carbons (Fsp3) is 0.700. The molecule has 0 spiro atoms. The van der Waals surface area contributed by atoms with Crippen LogP contribution >= 0.6 is 0 Å². The van der Waals surface area contributed by atoms with Gasteiger partial charge in [-0.15, -0.1) is 10.2 Å². The van der Waals surface area contributed by atoms with Crippen LogP contribution in [0.2, 0.25) is 0 Å². The minimum absolute atomic E-state index is 0.0865. The Morgan fingerprint density at radius 3 is 2.66 bits per heavy atom. The van der Waals surface area contributed by atoms with Crippen molar-refractivity contribution < 1.29 is 4.79 Å². The molecule has 162 valence electrons. The van der Waals surface area contributed by atoms with Gasteiger partial charge in [0.15, 0.2) is 5.96 Å². The lowest BCUT2D eigenvalue weighted by Crippen LogP contribution is -2.54. The largest absolute Gasteiger partial charge is 0.354 e. The molecule has 0 bridgehead atoms. The second-order valence-corrected chi connectivity index (χ2v) is 7.80. The molecule has 0 aromatic carbocycles. The fourth-order valence-corrected chi connectivity index (χ4v) is 3.19. The van der Waals surface area contributed by atoms with E-state index in [1.54, 1.807) is 6.33 Å². The number of aryl methyl sites for hydroxylation is 1. The molecule has 2 heterocycles. The van der Waals surface area contributed by atoms with E-state index >= 15 is 0 Å². The molecule has 1 fully saturated rings. The third-order valence-electron chi connectivity index (χ3n) is 4.64. The summed E-state index contributed by atoms with van der Waals surface area (Å²) in [6.07, 6.45) is 2.63. The average Bonchev–Trinajstić information content (AvgIpc) is 3.12. The molecule has 1 aliphatic heterocycles. The number of aliphatic imine (C=N–C) groups is 1. The van der Waals surface area contributed by atoms with Crippen molar-refractivity contribution in [2.75, 3.05) is 45.8 Å². The van der Waals surface area contributed by atoms with E-state index in [-0.39, 0.29) is 11.9 Å². The van der Waals surface area contributed by atoms with Gasteiger partial charge in [-0.25, -0.2) is 4.99 Å². The molecule has 0 atom stereocenters. The highest BCUT2D eigenvalue weighted by Crippen LogP contribution is 2.04. The second kappa shape index (κ2) is 11.5. The Labute approximate surface area is 174 Å². The van der Waals surface area contributed by atoms with Crippen molar-refractivity contribution >= 4 is 11.9 Å². The van der Waals surface area contributed by atoms with Gasteiger partial charge in [-0.1, -0.05) is 19.1 Å². The molecule has 0 aliphatic carbocycles. The summed E-state index contributed by atoms with van der Waals surface area (Å²) in [6.45, 7) is 17.9. The Morgan fingerprint density at radius 1 is 1.31 bits per heavy atom. The standard InChI is InChI=1S/C20H36N8O/c1-6-18-25-23-15-28(18)8-7-21-20(22-13-16(2)3)27-11-9-26(10-12-27)14-19(29)24-17(4)5/h15,17H,2,6-14H2,1,3-5H3,(H,21,22)(H,24,29). The van der Waals surface area contributed by atoms with Crippen LogP contribution < -0.4 is 10.6 Å². The van der Waals surface area contributed by atoms with E-state index in [0.717, 1.165) is 63.0 Å². The van der Waals surface area contributed by atoms with Crippen LogP contribution in [0.5, 0.6) is 0 Å². The number of hydrogen-bond acceptors (Lipinski definition) is 5. The molecule has 2 rings (SSSR count). The smallest absolute Gasteiger partial charge is 0.234 e. The van der Waals surface area contributed by atoms with Crippen molar-refractivity contribution in [3.8, 4) is 0 Å². The molecule has 0 radical (unpaired) electrons. The van der Waals surface area contributed by atoms with Gasteiger partial charge in [-0.3, -0.25) is 9.69 Å². The van der Waals surface area contributed by atoms with Gasteiger partial charge in [0, 0.05) is 51.7 Å². The number of guanidine groups is 1. The molecule has 1 aliphatic rings. The molecule has 2 N–H and O–H groups in total. The maximum atomic E-state index is 12.0. The molecule has 0 saturated carbocycles. The summed E-state index contributed by atoms with van der Waals surface area (Å²) >= 11 is 0. The number of rotatable bonds is 9. The number of carbonyl (C=O) groups is 1. The number of piperazine rings is 1. The molecule has 29 heavy (non-hydrogen) atoms. The number of hydrogen-bond donors (Lipinski definition) is 2. The number of aromatic nitrogens is 3. The van der Waals surface area contributed by atoms with E-state index in [2.05, 4.69) is 48.7 Å². The SMILES string of the molecule is C=C(C)CN=C(NCCn1cnnc1CC)N1CCN(CC(=O)NC(C)C)CC1. The molecule has 0 unspecified atom stereocenters.